The molecule has 3 aromatic carbocycles. The highest BCUT2D eigenvalue weighted by Gasteiger charge is 2.06. The molecular formula is C26H27F. The van der Waals surface area contributed by atoms with Crippen LogP contribution in [-0.4, -0.2) is 0 Å². The predicted molar refractivity (Wildman–Crippen MR) is 114 cm³/mol. The van der Waals surface area contributed by atoms with Gasteiger partial charge in [0.15, 0.2) is 0 Å². The smallest absolute Gasteiger partial charge is 0.126 e. The van der Waals surface area contributed by atoms with E-state index in [2.05, 4.69) is 68.4 Å². The Kier molecular flexibility index (Phi) is 6.59. The van der Waals surface area contributed by atoms with Crippen molar-refractivity contribution in [1.82, 2.24) is 0 Å². The van der Waals surface area contributed by atoms with Crippen LogP contribution in [0.5, 0.6) is 0 Å². The van der Waals surface area contributed by atoms with E-state index in [0.717, 1.165) is 36.0 Å². The Morgan fingerprint density at radius 1 is 0.852 bits per heavy atom. The summed E-state index contributed by atoms with van der Waals surface area (Å²) in [7, 11) is 0. The Labute approximate surface area is 162 Å². The van der Waals surface area contributed by atoms with Gasteiger partial charge in [0.05, 0.1) is 0 Å². The molecule has 138 valence electrons. The third kappa shape index (κ3) is 5.40. The molecular weight excluding hydrogens is 331 g/mol. The summed E-state index contributed by atoms with van der Waals surface area (Å²) in [4.78, 5) is 0. The summed E-state index contributed by atoms with van der Waals surface area (Å²) in [6.45, 7) is 4.33. The van der Waals surface area contributed by atoms with Gasteiger partial charge in [-0.2, -0.15) is 0 Å². The van der Waals surface area contributed by atoms with Crippen molar-refractivity contribution in [3.63, 3.8) is 0 Å². The van der Waals surface area contributed by atoms with Gasteiger partial charge >= 0.3 is 0 Å². The molecule has 1 atom stereocenters. The normalized spacial score (nSPS) is 12.4. The maximum Gasteiger partial charge on any atom is 0.126 e. The third-order valence-corrected chi connectivity index (χ3v) is 4.95. The van der Waals surface area contributed by atoms with Crippen molar-refractivity contribution in [3.8, 4) is 0 Å². The molecule has 0 heterocycles. The first-order valence-corrected chi connectivity index (χ1v) is 9.76. The molecule has 0 amide bonds. The summed E-state index contributed by atoms with van der Waals surface area (Å²) < 4.78 is 14.0. The zero-order chi connectivity index (χ0) is 19.1. The lowest BCUT2D eigenvalue weighted by Crippen LogP contribution is -1.98. The Balaban J connectivity index is 1.63. The minimum absolute atomic E-state index is 0.107. The molecule has 0 aliphatic carbocycles. The molecule has 1 heteroatoms. The second kappa shape index (κ2) is 9.32. The average Bonchev–Trinajstić information content (AvgIpc) is 2.70. The lowest BCUT2D eigenvalue weighted by Gasteiger charge is -2.12. The fourth-order valence-electron chi connectivity index (χ4n) is 3.35. The fraction of sp³-hybridized carbons (Fsp3) is 0.231. The maximum absolute atomic E-state index is 14.0. The molecule has 0 saturated carbocycles. The van der Waals surface area contributed by atoms with Gasteiger partial charge in [-0.3, -0.25) is 0 Å². The summed E-state index contributed by atoms with van der Waals surface area (Å²) in [5, 5.41) is 0. The Morgan fingerprint density at radius 3 is 2.19 bits per heavy atom. The number of halogens is 1. The molecule has 0 spiro atoms. The van der Waals surface area contributed by atoms with Crippen LogP contribution in [0.15, 0.2) is 72.8 Å². The van der Waals surface area contributed by atoms with E-state index >= 15 is 0 Å². The van der Waals surface area contributed by atoms with Crippen molar-refractivity contribution < 1.29 is 4.39 Å². The highest BCUT2D eigenvalue weighted by molar-refractivity contribution is 5.69. The molecule has 0 N–H and O–H groups in total. The summed E-state index contributed by atoms with van der Waals surface area (Å²) in [5.74, 6) is 0.390. The van der Waals surface area contributed by atoms with Crippen molar-refractivity contribution in [1.29, 1.82) is 0 Å². The monoisotopic (exact) mass is 358 g/mol. The standard InChI is InChI=1S/C26H27F/c1-3-7-25-17-16-23(19-26(25)27)15-12-21-10-13-22(14-11-21)18-20(2)24-8-5-4-6-9-24/h4-6,8-17,19-20H,3,7,18H2,1-2H3/t20-/m1/s1. The van der Waals surface area contributed by atoms with Gasteiger partial charge in [0.2, 0.25) is 0 Å². The van der Waals surface area contributed by atoms with E-state index in [0.29, 0.717) is 5.92 Å². The largest absolute Gasteiger partial charge is 0.207 e. The van der Waals surface area contributed by atoms with Gasteiger partial charge in [-0.1, -0.05) is 99.2 Å². The van der Waals surface area contributed by atoms with Crippen LogP contribution in [0.25, 0.3) is 12.2 Å². The van der Waals surface area contributed by atoms with E-state index in [9.17, 15) is 4.39 Å². The predicted octanol–water partition coefficient (Wildman–Crippen LogP) is 7.29. The second-order valence-electron chi connectivity index (χ2n) is 7.19. The van der Waals surface area contributed by atoms with E-state index in [1.807, 2.05) is 24.3 Å². The molecule has 27 heavy (non-hydrogen) atoms. The maximum atomic E-state index is 14.0. The second-order valence-corrected chi connectivity index (χ2v) is 7.19. The summed E-state index contributed by atoms with van der Waals surface area (Å²) in [5.41, 5.74) is 5.53. The number of rotatable bonds is 7. The molecule has 0 aliphatic heterocycles. The number of benzene rings is 3. The zero-order valence-electron chi connectivity index (χ0n) is 16.2. The minimum atomic E-state index is -0.107. The van der Waals surface area contributed by atoms with E-state index in [1.54, 1.807) is 6.07 Å². The van der Waals surface area contributed by atoms with Crippen LogP contribution < -0.4 is 0 Å². The van der Waals surface area contributed by atoms with Crippen molar-refractivity contribution >= 4 is 12.2 Å². The van der Waals surface area contributed by atoms with Crippen molar-refractivity contribution in [3.05, 3.63) is 106 Å². The van der Waals surface area contributed by atoms with Crippen LogP contribution in [-0.2, 0) is 12.8 Å². The van der Waals surface area contributed by atoms with Gasteiger partial charge in [-0.15, -0.1) is 0 Å². The first-order chi connectivity index (χ1) is 13.2. The highest BCUT2D eigenvalue weighted by Crippen LogP contribution is 2.21. The average molecular weight is 358 g/mol. The van der Waals surface area contributed by atoms with Crippen LogP contribution >= 0.6 is 0 Å². The lowest BCUT2D eigenvalue weighted by atomic mass is 9.93. The number of hydrogen-bond donors (Lipinski definition) is 0. The molecule has 0 unspecified atom stereocenters. The SMILES string of the molecule is CCCc1ccc(C=Cc2ccc(C[C@@H](C)c3ccccc3)cc2)cc1F. The fourth-order valence-corrected chi connectivity index (χ4v) is 3.35. The highest BCUT2D eigenvalue weighted by atomic mass is 19.1. The van der Waals surface area contributed by atoms with Crippen LogP contribution in [0.3, 0.4) is 0 Å². The molecule has 0 fully saturated rings. The molecule has 0 saturated heterocycles. The van der Waals surface area contributed by atoms with E-state index < -0.39 is 0 Å². The topological polar surface area (TPSA) is 0 Å². The van der Waals surface area contributed by atoms with Gasteiger partial charge in [0.1, 0.15) is 5.82 Å². The van der Waals surface area contributed by atoms with Crippen LogP contribution in [0.2, 0.25) is 0 Å². The molecule has 0 bridgehead atoms. The van der Waals surface area contributed by atoms with Gasteiger partial charge in [0, 0.05) is 0 Å². The quantitative estimate of drug-likeness (QED) is 0.389. The lowest BCUT2D eigenvalue weighted by molar-refractivity contribution is 0.607. The Morgan fingerprint density at radius 2 is 1.52 bits per heavy atom. The van der Waals surface area contributed by atoms with Gasteiger partial charge < -0.3 is 0 Å². The zero-order valence-corrected chi connectivity index (χ0v) is 16.2. The Bertz CT molecular complexity index is 876. The van der Waals surface area contributed by atoms with E-state index in [1.165, 1.54) is 11.1 Å². The van der Waals surface area contributed by atoms with Crippen molar-refractivity contribution in [2.75, 3.05) is 0 Å². The summed E-state index contributed by atoms with van der Waals surface area (Å²) >= 11 is 0. The van der Waals surface area contributed by atoms with E-state index in [-0.39, 0.29) is 5.82 Å². The van der Waals surface area contributed by atoms with Gasteiger partial charge in [-0.25, -0.2) is 4.39 Å². The van der Waals surface area contributed by atoms with Crippen LogP contribution in [0.4, 0.5) is 4.39 Å². The van der Waals surface area contributed by atoms with Gasteiger partial charge in [-0.05, 0) is 52.6 Å². The molecule has 3 rings (SSSR count). The number of aryl methyl sites for hydroxylation is 1. The summed E-state index contributed by atoms with van der Waals surface area (Å²) in [6.07, 6.45) is 6.79. The molecule has 0 radical (unpaired) electrons. The van der Waals surface area contributed by atoms with Crippen molar-refractivity contribution in [2.24, 2.45) is 0 Å². The van der Waals surface area contributed by atoms with Crippen LogP contribution in [0.1, 0.15) is 54.0 Å². The van der Waals surface area contributed by atoms with E-state index in [4.69, 9.17) is 0 Å². The minimum Gasteiger partial charge on any atom is -0.207 e. The third-order valence-electron chi connectivity index (χ3n) is 4.95. The van der Waals surface area contributed by atoms with Gasteiger partial charge in [0.25, 0.3) is 0 Å². The first kappa shape index (κ1) is 19.1. The van der Waals surface area contributed by atoms with Crippen molar-refractivity contribution in [2.45, 2.75) is 39.0 Å². The molecule has 0 nitrogen and oxygen atoms in total. The number of hydrogen-bond acceptors (Lipinski definition) is 0. The van der Waals surface area contributed by atoms with Crippen LogP contribution in [0, 0.1) is 5.82 Å². The molecule has 0 aliphatic rings. The molecule has 3 aromatic rings. The Hall–Kier alpha value is -2.67. The molecule has 0 aromatic heterocycles. The summed E-state index contributed by atoms with van der Waals surface area (Å²) in [6, 6.07) is 24.8. The first-order valence-electron chi connectivity index (χ1n) is 9.76.